The minimum atomic E-state index is -4.25. The minimum Gasteiger partial charge on any atom is -0.487 e. The minimum absolute atomic E-state index is 0.0287. The number of benzene rings is 3. The summed E-state index contributed by atoms with van der Waals surface area (Å²) < 4.78 is 97.4. The predicted molar refractivity (Wildman–Crippen MR) is 134 cm³/mol. The molecule has 4 rings (SSSR count). The van der Waals surface area contributed by atoms with E-state index in [2.05, 4.69) is 5.32 Å². The summed E-state index contributed by atoms with van der Waals surface area (Å²) in [6, 6.07) is 15.8. The van der Waals surface area contributed by atoms with Gasteiger partial charge in [-0.2, -0.15) is 8.78 Å². The van der Waals surface area contributed by atoms with Gasteiger partial charge in [-0.15, -0.1) is 0 Å². The Hall–Kier alpha value is -3.15. The molecule has 0 atom stereocenters. The lowest BCUT2D eigenvalue weighted by atomic mass is 10.1. The van der Waals surface area contributed by atoms with Crippen LogP contribution in [-0.2, 0) is 23.0 Å². The first-order valence-corrected chi connectivity index (χ1v) is 13.2. The molecular formula is C26H22ClF5N2O3S. The van der Waals surface area contributed by atoms with Crippen LogP contribution in [-0.4, -0.2) is 37.9 Å². The Morgan fingerprint density at radius 1 is 1.03 bits per heavy atom. The van der Waals surface area contributed by atoms with Crippen LogP contribution < -0.4 is 10.1 Å². The molecule has 0 aliphatic rings. The molecular weight excluding hydrogens is 551 g/mol. The smallest absolute Gasteiger partial charge is 0.340 e. The standard InChI is InChI=1S/C26H22ClF5N2O3S/c27-19-4-2-6-22(12-19)38(35,36)34-15-18(23-8-7-20(28)13-24(23)34)9-10-33-14-17-3-1-5-21(11-17)37-16-26(31,32)25(29)30/h1-8,11-13,15,25,33H,9-10,14,16H2. The van der Waals surface area contributed by atoms with Crippen molar-refractivity contribution in [1.29, 1.82) is 0 Å². The van der Waals surface area contributed by atoms with Crippen molar-refractivity contribution in [2.45, 2.75) is 30.2 Å². The maximum absolute atomic E-state index is 14.0. The van der Waals surface area contributed by atoms with E-state index < -0.39 is 34.8 Å². The number of alkyl halides is 4. The topological polar surface area (TPSA) is 60.3 Å². The molecule has 12 heteroatoms. The van der Waals surface area contributed by atoms with Crippen LogP contribution in [0.4, 0.5) is 22.0 Å². The van der Waals surface area contributed by atoms with Crippen LogP contribution in [0.25, 0.3) is 10.9 Å². The first-order chi connectivity index (χ1) is 18.0. The molecule has 202 valence electrons. The Kier molecular flexibility index (Phi) is 8.29. The maximum Gasteiger partial charge on any atom is 0.340 e. The lowest BCUT2D eigenvalue weighted by Crippen LogP contribution is -2.33. The number of halogens is 6. The zero-order valence-electron chi connectivity index (χ0n) is 19.7. The van der Waals surface area contributed by atoms with Gasteiger partial charge in [-0.1, -0.05) is 29.8 Å². The number of nitrogens with one attached hydrogen (secondary N) is 1. The Balaban J connectivity index is 1.46. The second-order valence-electron chi connectivity index (χ2n) is 8.50. The van der Waals surface area contributed by atoms with Crippen LogP contribution in [0.1, 0.15) is 11.1 Å². The van der Waals surface area contributed by atoms with E-state index in [1.165, 1.54) is 48.7 Å². The van der Waals surface area contributed by atoms with Crippen molar-refractivity contribution in [3.8, 4) is 5.75 Å². The van der Waals surface area contributed by atoms with Gasteiger partial charge in [0.2, 0.25) is 0 Å². The number of hydrogen-bond donors (Lipinski definition) is 1. The Morgan fingerprint density at radius 3 is 2.53 bits per heavy atom. The largest absolute Gasteiger partial charge is 0.487 e. The molecule has 0 fully saturated rings. The van der Waals surface area contributed by atoms with Crippen molar-refractivity contribution in [3.05, 3.63) is 94.9 Å². The van der Waals surface area contributed by atoms with E-state index in [4.69, 9.17) is 16.3 Å². The van der Waals surface area contributed by atoms with E-state index in [0.29, 0.717) is 36.0 Å². The normalized spacial score (nSPS) is 12.4. The van der Waals surface area contributed by atoms with E-state index in [1.54, 1.807) is 18.2 Å². The molecule has 0 unspecified atom stereocenters. The number of fused-ring (bicyclic) bond motifs is 1. The number of hydrogen-bond acceptors (Lipinski definition) is 4. The third-order valence-electron chi connectivity index (χ3n) is 5.72. The second kappa shape index (κ2) is 11.3. The highest BCUT2D eigenvalue weighted by Crippen LogP contribution is 2.28. The van der Waals surface area contributed by atoms with Crippen LogP contribution in [0.5, 0.6) is 5.75 Å². The van der Waals surface area contributed by atoms with Gasteiger partial charge in [0.15, 0.2) is 6.61 Å². The van der Waals surface area contributed by atoms with E-state index >= 15 is 0 Å². The average Bonchev–Trinajstić information content (AvgIpc) is 3.24. The number of ether oxygens (including phenoxy) is 1. The molecule has 0 spiro atoms. The zero-order chi connectivity index (χ0) is 27.5. The number of nitrogens with zero attached hydrogens (tertiary/aromatic N) is 1. The van der Waals surface area contributed by atoms with Crippen molar-refractivity contribution < 1.29 is 35.1 Å². The highest BCUT2D eigenvalue weighted by atomic mass is 35.5. The molecule has 5 nitrogen and oxygen atoms in total. The molecule has 1 aromatic heterocycles. The molecule has 0 aliphatic carbocycles. The first kappa shape index (κ1) is 27.9. The third-order valence-corrected chi connectivity index (χ3v) is 7.62. The fourth-order valence-electron chi connectivity index (χ4n) is 3.82. The monoisotopic (exact) mass is 572 g/mol. The molecule has 1 heterocycles. The van der Waals surface area contributed by atoms with Gasteiger partial charge in [-0.25, -0.2) is 25.6 Å². The van der Waals surface area contributed by atoms with Gasteiger partial charge in [0.05, 0.1) is 10.4 Å². The van der Waals surface area contributed by atoms with Crippen molar-refractivity contribution >= 4 is 32.5 Å². The van der Waals surface area contributed by atoms with Crippen LogP contribution in [0.2, 0.25) is 5.02 Å². The van der Waals surface area contributed by atoms with Crippen molar-refractivity contribution in [1.82, 2.24) is 9.29 Å². The highest BCUT2D eigenvalue weighted by molar-refractivity contribution is 7.90. The quantitative estimate of drug-likeness (QED) is 0.170. The molecule has 0 saturated carbocycles. The Morgan fingerprint density at radius 2 is 1.79 bits per heavy atom. The summed E-state index contributed by atoms with van der Waals surface area (Å²) in [4.78, 5) is -0.0377. The fraction of sp³-hybridized carbons (Fsp3) is 0.231. The summed E-state index contributed by atoms with van der Waals surface area (Å²) in [7, 11) is -4.05. The molecule has 0 radical (unpaired) electrons. The van der Waals surface area contributed by atoms with Crippen molar-refractivity contribution in [3.63, 3.8) is 0 Å². The van der Waals surface area contributed by atoms with Gasteiger partial charge in [-0.05, 0) is 72.6 Å². The van der Waals surface area contributed by atoms with E-state index in [9.17, 15) is 30.4 Å². The average molecular weight is 573 g/mol. The molecule has 0 bridgehead atoms. The molecule has 0 amide bonds. The molecule has 3 aromatic carbocycles. The second-order valence-corrected chi connectivity index (χ2v) is 10.7. The molecule has 1 N–H and O–H groups in total. The van der Waals surface area contributed by atoms with Gasteiger partial charge in [0, 0.05) is 23.2 Å². The summed E-state index contributed by atoms with van der Waals surface area (Å²) in [6.45, 7) is -0.747. The van der Waals surface area contributed by atoms with Gasteiger partial charge < -0.3 is 10.1 Å². The zero-order valence-corrected chi connectivity index (χ0v) is 21.3. The van der Waals surface area contributed by atoms with Crippen LogP contribution in [0.15, 0.2) is 77.8 Å². The molecule has 38 heavy (non-hydrogen) atoms. The summed E-state index contributed by atoms with van der Waals surface area (Å²) in [6.07, 6.45) is -1.99. The summed E-state index contributed by atoms with van der Waals surface area (Å²) in [5.41, 5.74) is 1.51. The van der Waals surface area contributed by atoms with Gasteiger partial charge in [0.25, 0.3) is 10.0 Å². The summed E-state index contributed by atoms with van der Waals surface area (Å²) >= 11 is 5.97. The fourth-order valence-corrected chi connectivity index (χ4v) is 5.51. The summed E-state index contributed by atoms with van der Waals surface area (Å²) in [5.74, 6) is -4.81. The van der Waals surface area contributed by atoms with Gasteiger partial charge in [0.1, 0.15) is 11.6 Å². The highest BCUT2D eigenvalue weighted by Gasteiger charge is 2.41. The Labute approximate surface area is 220 Å². The first-order valence-electron chi connectivity index (χ1n) is 11.4. The molecule has 4 aromatic rings. The number of aromatic nitrogens is 1. The van der Waals surface area contributed by atoms with Crippen molar-refractivity contribution in [2.24, 2.45) is 0 Å². The van der Waals surface area contributed by atoms with E-state index in [1.807, 2.05) is 0 Å². The third kappa shape index (κ3) is 6.28. The van der Waals surface area contributed by atoms with Crippen molar-refractivity contribution in [2.75, 3.05) is 13.2 Å². The Bertz CT molecular complexity index is 1540. The summed E-state index contributed by atoms with van der Waals surface area (Å²) in [5, 5.41) is 3.97. The predicted octanol–water partition coefficient (Wildman–Crippen LogP) is 6.28. The van der Waals surface area contributed by atoms with Crippen LogP contribution >= 0.6 is 11.6 Å². The number of rotatable bonds is 11. The van der Waals surface area contributed by atoms with Crippen LogP contribution in [0, 0.1) is 5.82 Å². The molecule has 0 saturated heterocycles. The molecule has 0 aliphatic heterocycles. The SMILES string of the molecule is O=S(=O)(c1cccc(Cl)c1)n1cc(CCNCc2cccc(OCC(F)(F)C(F)F)c2)c2ccc(F)cc21. The lowest BCUT2D eigenvalue weighted by Gasteiger charge is -2.16. The van der Waals surface area contributed by atoms with E-state index in [0.717, 1.165) is 10.0 Å². The maximum atomic E-state index is 14.0. The lowest BCUT2D eigenvalue weighted by molar-refractivity contribution is -0.148. The van der Waals surface area contributed by atoms with Gasteiger partial charge in [-0.3, -0.25) is 0 Å². The van der Waals surface area contributed by atoms with E-state index in [-0.39, 0.29) is 21.2 Å². The van der Waals surface area contributed by atoms with Gasteiger partial charge >= 0.3 is 12.3 Å². The van der Waals surface area contributed by atoms with Crippen LogP contribution in [0.3, 0.4) is 0 Å².